The Kier molecular flexibility index (Phi) is 9.19. The standard InChI is InChI=1S/C26H26F5N3O5.C2H6/c1-14-20(22(35)33-19-11-34(13-25(19,27)28)23(36)39-24(2,3)4)17-10-16(7-8-18(17)38-14)37-12-15-6-5-9-32-21(15)26(29,30)31;1-2/h5-10,19H,11-13H2,1-4H3,(H,33,35);1-2H3. The molecular formula is C28H32F5N3O5. The molecule has 0 aliphatic carbocycles. The minimum absolute atomic E-state index is 0.0423. The van der Waals surface area contributed by atoms with Crippen molar-refractivity contribution < 1.29 is 45.4 Å². The van der Waals surface area contributed by atoms with Crippen molar-refractivity contribution in [2.24, 2.45) is 0 Å². The van der Waals surface area contributed by atoms with E-state index in [1.807, 2.05) is 13.8 Å². The smallest absolute Gasteiger partial charge is 0.433 e. The number of nitrogens with zero attached hydrogens (tertiary/aromatic N) is 2. The molecule has 0 saturated carbocycles. The van der Waals surface area contributed by atoms with Crippen molar-refractivity contribution in [3.8, 4) is 5.75 Å². The van der Waals surface area contributed by atoms with Crippen molar-refractivity contribution >= 4 is 23.0 Å². The van der Waals surface area contributed by atoms with E-state index in [1.54, 1.807) is 20.8 Å². The summed E-state index contributed by atoms with van der Waals surface area (Å²) in [7, 11) is 0. The van der Waals surface area contributed by atoms with Gasteiger partial charge < -0.3 is 19.2 Å². The van der Waals surface area contributed by atoms with E-state index in [9.17, 15) is 31.5 Å². The Morgan fingerprint density at radius 1 is 1.17 bits per heavy atom. The van der Waals surface area contributed by atoms with Gasteiger partial charge in [-0.05, 0) is 52.0 Å². The summed E-state index contributed by atoms with van der Waals surface area (Å²) in [5, 5.41) is 2.50. The summed E-state index contributed by atoms with van der Waals surface area (Å²) in [6, 6.07) is 5.17. The molecule has 41 heavy (non-hydrogen) atoms. The molecule has 0 spiro atoms. The molecule has 8 nitrogen and oxygen atoms in total. The molecule has 1 aliphatic heterocycles. The number of alkyl halides is 5. The third-order valence-corrected chi connectivity index (χ3v) is 5.89. The predicted octanol–water partition coefficient (Wildman–Crippen LogP) is 6.74. The number of aryl methyl sites for hydroxylation is 1. The van der Waals surface area contributed by atoms with Crippen LogP contribution in [0.5, 0.6) is 5.75 Å². The average molecular weight is 586 g/mol. The number of amides is 2. The summed E-state index contributed by atoms with van der Waals surface area (Å²) < 4.78 is 85.4. The first kappa shape index (κ1) is 31.6. The fourth-order valence-corrected chi connectivity index (χ4v) is 4.17. The van der Waals surface area contributed by atoms with Crippen LogP contribution in [-0.2, 0) is 17.5 Å². The van der Waals surface area contributed by atoms with E-state index >= 15 is 0 Å². The van der Waals surface area contributed by atoms with Crippen molar-refractivity contribution in [3.63, 3.8) is 0 Å². The van der Waals surface area contributed by atoms with Crippen LogP contribution < -0.4 is 10.1 Å². The highest BCUT2D eigenvalue weighted by molar-refractivity contribution is 6.07. The van der Waals surface area contributed by atoms with Crippen LogP contribution >= 0.6 is 0 Å². The van der Waals surface area contributed by atoms with Crippen molar-refractivity contribution in [2.45, 2.75) is 71.9 Å². The van der Waals surface area contributed by atoms with Gasteiger partial charge in [0.15, 0.2) is 5.69 Å². The van der Waals surface area contributed by atoms with E-state index in [0.29, 0.717) is 0 Å². The van der Waals surface area contributed by atoms with Gasteiger partial charge >= 0.3 is 12.3 Å². The number of halogens is 5. The molecule has 2 aromatic heterocycles. The Morgan fingerprint density at radius 2 is 1.85 bits per heavy atom. The second-order valence-electron chi connectivity index (χ2n) is 10.1. The number of aromatic nitrogens is 1. The van der Waals surface area contributed by atoms with Gasteiger partial charge in [0.25, 0.3) is 11.8 Å². The second-order valence-corrected chi connectivity index (χ2v) is 10.1. The molecule has 1 unspecified atom stereocenters. The number of nitrogens with one attached hydrogen (secondary N) is 1. The number of likely N-dealkylation sites (tertiary alicyclic amines) is 1. The van der Waals surface area contributed by atoms with E-state index in [-0.39, 0.29) is 33.6 Å². The van der Waals surface area contributed by atoms with Gasteiger partial charge in [-0.1, -0.05) is 19.9 Å². The lowest BCUT2D eigenvalue weighted by Crippen LogP contribution is -2.46. The van der Waals surface area contributed by atoms with Crippen LogP contribution in [0.3, 0.4) is 0 Å². The van der Waals surface area contributed by atoms with Crippen molar-refractivity contribution in [1.82, 2.24) is 15.2 Å². The lowest BCUT2D eigenvalue weighted by atomic mass is 10.1. The third-order valence-electron chi connectivity index (χ3n) is 5.89. The van der Waals surface area contributed by atoms with E-state index < -0.39 is 61.1 Å². The minimum atomic E-state index is -4.67. The summed E-state index contributed by atoms with van der Waals surface area (Å²) in [5.74, 6) is -4.03. The number of carbonyl (C=O) groups is 2. The van der Waals surface area contributed by atoms with Crippen molar-refractivity contribution in [1.29, 1.82) is 0 Å². The van der Waals surface area contributed by atoms with Crippen LogP contribution in [0.4, 0.5) is 26.7 Å². The van der Waals surface area contributed by atoms with E-state index in [1.165, 1.54) is 37.3 Å². The number of pyridine rings is 1. The summed E-state index contributed by atoms with van der Waals surface area (Å²) >= 11 is 0. The molecule has 4 rings (SSSR count). The van der Waals surface area contributed by atoms with Crippen LogP contribution in [0, 0.1) is 6.92 Å². The number of benzene rings is 1. The van der Waals surface area contributed by atoms with Crippen LogP contribution in [-0.4, -0.2) is 52.5 Å². The number of ether oxygens (including phenoxy) is 2. The van der Waals surface area contributed by atoms with Gasteiger partial charge in [-0.15, -0.1) is 0 Å². The highest BCUT2D eigenvalue weighted by Gasteiger charge is 2.51. The molecule has 1 aromatic carbocycles. The molecule has 3 heterocycles. The number of carbonyl (C=O) groups excluding carboxylic acids is 2. The monoisotopic (exact) mass is 585 g/mol. The fourth-order valence-electron chi connectivity index (χ4n) is 4.17. The number of hydrogen-bond donors (Lipinski definition) is 1. The number of furan rings is 1. The van der Waals surface area contributed by atoms with Crippen LogP contribution in [0.2, 0.25) is 0 Å². The van der Waals surface area contributed by atoms with Crippen LogP contribution in [0.25, 0.3) is 11.0 Å². The molecule has 13 heteroatoms. The number of fused-ring (bicyclic) bond motifs is 1. The maximum absolute atomic E-state index is 14.7. The molecule has 1 saturated heterocycles. The molecule has 3 aromatic rings. The lowest BCUT2D eigenvalue weighted by molar-refractivity contribution is -0.142. The van der Waals surface area contributed by atoms with Gasteiger partial charge in [0.05, 0.1) is 18.7 Å². The Labute approximate surface area is 233 Å². The Hall–Kier alpha value is -3.90. The normalized spacial score (nSPS) is 16.7. The van der Waals surface area contributed by atoms with Gasteiger partial charge in [-0.3, -0.25) is 14.7 Å². The Balaban J connectivity index is 0.00000226. The Bertz CT molecular complexity index is 1400. The maximum atomic E-state index is 14.7. The molecule has 0 radical (unpaired) electrons. The predicted molar refractivity (Wildman–Crippen MR) is 140 cm³/mol. The molecule has 2 amide bonds. The first-order valence-corrected chi connectivity index (χ1v) is 12.9. The van der Waals surface area contributed by atoms with Crippen molar-refractivity contribution in [2.75, 3.05) is 13.1 Å². The zero-order valence-electron chi connectivity index (χ0n) is 23.5. The first-order chi connectivity index (χ1) is 19.0. The lowest BCUT2D eigenvalue weighted by Gasteiger charge is -2.24. The second kappa shape index (κ2) is 11.9. The highest BCUT2D eigenvalue weighted by atomic mass is 19.4. The number of rotatable bonds is 5. The number of hydrogen-bond acceptors (Lipinski definition) is 6. The Morgan fingerprint density at radius 3 is 2.49 bits per heavy atom. The molecular weight excluding hydrogens is 553 g/mol. The molecule has 224 valence electrons. The van der Waals surface area contributed by atoms with Gasteiger partial charge in [0, 0.05) is 17.1 Å². The highest BCUT2D eigenvalue weighted by Crippen LogP contribution is 2.34. The van der Waals surface area contributed by atoms with Gasteiger partial charge in [-0.25, -0.2) is 13.6 Å². The molecule has 1 N–H and O–H groups in total. The maximum Gasteiger partial charge on any atom is 0.433 e. The summed E-state index contributed by atoms with van der Waals surface area (Å²) in [6.07, 6.45) is -4.57. The van der Waals surface area contributed by atoms with E-state index in [0.717, 1.165) is 11.1 Å². The quantitative estimate of drug-likeness (QED) is 0.333. The van der Waals surface area contributed by atoms with Crippen LogP contribution in [0.15, 0.2) is 40.9 Å². The zero-order chi connectivity index (χ0) is 30.8. The zero-order valence-corrected chi connectivity index (χ0v) is 23.5. The fraction of sp³-hybridized carbons (Fsp3) is 0.464. The average Bonchev–Trinajstić information content (AvgIpc) is 3.36. The topological polar surface area (TPSA) is 93.9 Å². The van der Waals surface area contributed by atoms with E-state index in [4.69, 9.17) is 13.9 Å². The molecule has 1 aliphatic rings. The molecule has 1 atom stereocenters. The largest absolute Gasteiger partial charge is 0.489 e. The molecule has 0 bridgehead atoms. The van der Waals surface area contributed by atoms with Gasteiger partial charge in [0.1, 0.15) is 35.3 Å². The summed E-state index contributed by atoms with van der Waals surface area (Å²) in [5.41, 5.74) is -1.95. The van der Waals surface area contributed by atoms with E-state index in [2.05, 4.69) is 10.3 Å². The van der Waals surface area contributed by atoms with Gasteiger partial charge in [-0.2, -0.15) is 13.2 Å². The molecule has 1 fully saturated rings. The van der Waals surface area contributed by atoms with Crippen molar-refractivity contribution in [3.05, 3.63) is 59.1 Å². The summed E-state index contributed by atoms with van der Waals surface area (Å²) in [4.78, 5) is 29.6. The van der Waals surface area contributed by atoms with Gasteiger partial charge in [0.2, 0.25) is 0 Å². The third kappa shape index (κ3) is 7.44. The van der Waals surface area contributed by atoms with Crippen LogP contribution in [0.1, 0.15) is 62.0 Å². The SMILES string of the molecule is CC.Cc1oc2ccc(OCc3cccnc3C(F)(F)F)cc2c1C(=O)NC1CN(C(=O)OC(C)(C)C)CC1(F)F. The minimum Gasteiger partial charge on any atom is -0.489 e. The first-order valence-electron chi connectivity index (χ1n) is 12.9. The summed E-state index contributed by atoms with van der Waals surface area (Å²) in [6.45, 7) is 8.44.